The monoisotopic (exact) mass is 327 g/mol. The summed E-state index contributed by atoms with van der Waals surface area (Å²) in [5.41, 5.74) is 2.41. The van der Waals surface area contributed by atoms with E-state index in [1.807, 2.05) is 24.3 Å². The van der Waals surface area contributed by atoms with Gasteiger partial charge in [0.2, 0.25) is 0 Å². The third-order valence-electron chi connectivity index (χ3n) is 3.58. The molecule has 0 fully saturated rings. The molecule has 0 saturated carbocycles. The molecule has 0 saturated heterocycles. The number of benzene rings is 1. The lowest BCUT2D eigenvalue weighted by atomic mass is 9.87. The number of hydrogen-bond donors (Lipinski definition) is 2. The summed E-state index contributed by atoms with van der Waals surface area (Å²) in [7, 11) is 0. The number of carbonyl (C=O) groups excluding carboxylic acids is 1. The molecule has 1 aromatic carbocycles. The fraction of sp³-hybridized carbons (Fsp3) is 0.368. The van der Waals surface area contributed by atoms with Crippen molar-refractivity contribution in [1.82, 2.24) is 15.6 Å². The van der Waals surface area contributed by atoms with E-state index < -0.39 is 0 Å². The van der Waals surface area contributed by atoms with Gasteiger partial charge < -0.3 is 15.4 Å². The number of carbonyl (C=O) groups is 1. The maximum absolute atomic E-state index is 11.7. The number of pyridine rings is 1. The Bertz CT molecular complexity index is 634. The third-order valence-corrected chi connectivity index (χ3v) is 3.58. The Morgan fingerprint density at radius 3 is 2.33 bits per heavy atom. The van der Waals surface area contributed by atoms with Crippen molar-refractivity contribution in [1.29, 1.82) is 0 Å². The number of aromatic nitrogens is 1. The molecule has 5 heteroatoms. The van der Waals surface area contributed by atoms with Crippen molar-refractivity contribution >= 4 is 6.03 Å². The standard InChI is InChI=1S/C19H25N3O2/c1-19(2,3)16-4-6-17(7-5-16)24-13-12-21-18(23)22-14-15-8-10-20-11-9-15/h4-11H,12-14H2,1-3H3,(H2,21,22,23). The van der Waals surface area contributed by atoms with Crippen LogP contribution >= 0.6 is 0 Å². The van der Waals surface area contributed by atoms with Crippen LogP contribution < -0.4 is 15.4 Å². The van der Waals surface area contributed by atoms with E-state index in [0.29, 0.717) is 19.7 Å². The highest BCUT2D eigenvalue weighted by Crippen LogP contribution is 2.24. The average molecular weight is 327 g/mol. The Balaban J connectivity index is 1.64. The Morgan fingerprint density at radius 2 is 1.71 bits per heavy atom. The van der Waals surface area contributed by atoms with Gasteiger partial charge in [0.05, 0.1) is 6.54 Å². The minimum atomic E-state index is -0.210. The van der Waals surface area contributed by atoms with Crippen LogP contribution in [0.25, 0.3) is 0 Å². The summed E-state index contributed by atoms with van der Waals surface area (Å²) in [5, 5.41) is 5.56. The van der Waals surface area contributed by atoms with Crippen LogP contribution in [0.4, 0.5) is 4.79 Å². The molecule has 0 aliphatic carbocycles. The maximum Gasteiger partial charge on any atom is 0.315 e. The summed E-state index contributed by atoms with van der Waals surface area (Å²) >= 11 is 0. The molecule has 2 aromatic rings. The van der Waals surface area contributed by atoms with Crippen molar-refractivity contribution in [2.24, 2.45) is 0 Å². The summed E-state index contributed by atoms with van der Waals surface area (Å²) in [6.07, 6.45) is 3.40. The second kappa shape index (κ2) is 8.34. The van der Waals surface area contributed by atoms with Crippen LogP contribution in [0.3, 0.4) is 0 Å². The predicted molar refractivity (Wildman–Crippen MR) is 95.1 cm³/mol. The summed E-state index contributed by atoms with van der Waals surface area (Å²) in [6, 6.07) is 11.6. The Hall–Kier alpha value is -2.56. The van der Waals surface area contributed by atoms with E-state index in [0.717, 1.165) is 11.3 Å². The first kappa shape index (κ1) is 17.8. The number of ether oxygens (including phenoxy) is 1. The molecule has 5 nitrogen and oxygen atoms in total. The summed E-state index contributed by atoms with van der Waals surface area (Å²) < 4.78 is 5.64. The molecule has 0 aliphatic heterocycles. The number of rotatable bonds is 6. The average Bonchev–Trinajstić information content (AvgIpc) is 2.57. The van der Waals surface area contributed by atoms with Crippen molar-refractivity contribution in [2.75, 3.05) is 13.2 Å². The van der Waals surface area contributed by atoms with Crippen LogP contribution in [0.1, 0.15) is 31.9 Å². The molecule has 128 valence electrons. The van der Waals surface area contributed by atoms with Gasteiger partial charge >= 0.3 is 6.03 Å². The highest BCUT2D eigenvalue weighted by molar-refractivity contribution is 5.73. The van der Waals surface area contributed by atoms with Gasteiger partial charge in [0.1, 0.15) is 12.4 Å². The summed E-state index contributed by atoms with van der Waals surface area (Å²) in [6.45, 7) is 7.89. The molecule has 24 heavy (non-hydrogen) atoms. The van der Waals surface area contributed by atoms with Gasteiger partial charge in [0, 0.05) is 18.9 Å². The van der Waals surface area contributed by atoms with Gasteiger partial charge in [-0.2, -0.15) is 0 Å². The van der Waals surface area contributed by atoms with Crippen LogP contribution in [-0.4, -0.2) is 24.2 Å². The van der Waals surface area contributed by atoms with E-state index in [1.165, 1.54) is 5.56 Å². The number of hydrogen-bond acceptors (Lipinski definition) is 3. The fourth-order valence-electron chi connectivity index (χ4n) is 2.13. The van der Waals surface area contributed by atoms with Gasteiger partial charge in [0.25, 0.3) is 0 Å². The number of amides is 2. The number of urea groups is 1. The molecule has 2 rings (SSSR count). The highest BCUT2D eigenvalue weighted by Gasteiger charge is 2.12. The lowest BCUT2D eigenvalue weighted by Crippen LogP contribution is -2.37. The van der Waals surface area contributed by atoms with Gasteiger partial charge in [-0.05, 0) is 40.8 Å². The summed E-state index contributed by atoms with van der Waals surface area (Å²) in [5.74, 6) is 0.807. The van der Waals surface area contributed by atoms with Crippen LogP contribution in [0.5, 0.6) is 5.75 Å². The van der Waals surface area contributed by atoms with Gasteiger partial charge in [-0.25, -0.2) is 4.79 Å². The predicted octanol–water partition coefficient (Wildman–Crippen LogP) is 3.26. The van der Waals surface area contributed by atoms with Crippen LogP contribution in [0, 0.1) is 0 Å². The van der Waals surface area contributed by atoms with Crippen molar-refractivity contribution in [2.45, 2.75) is 32.7 Å². The van der Waals surface area contributed by atoms with E-state index in [9.17, 15) is 4.79 Å². The first-order valence-electron chi connectivity index (χ1n) is 8.09. The lowest BCUT2D eigenvalue weighted by molar-refractivity contribution is 0.236. The SMILES string of the molecule is CC(C)(C)c1ccc(OCCNC(=O)NCc2ccncc2)cc1. The molecular formula is C19H25N3O2. The van der Waals surface area contributed by atoms with Crippen molar-refractivity contribution < 1.29 is 9.53 Å². The third kappa shape index (κ3) is 5.91. The molecule has 2 N–H and O–H groups in total. The number of nitrogens with zero attached hydrogens (tertiary/aromatic N) is 1. The lowest BCUT2D eigenvalue weighted by Gasteiger charge is -2.19. The minimum Gasteiger partial charge on any atom is -0.492 e. The van der Waals surface area contributed by atoms with Crippen molar-refractivity contribution in [3.63, 3.8) is 0 Å². The maximum atomic E-state index is 11.7. The highest BCUT2D eigenvalue weighted by atomic mass is 16.5. The molecular weight excluding hydrogens is 302 g/mol. The Kier molecular flexibility index (Phi) is 6.18. The molecule has 0 radical (unpaired) electrons. The van der Waals surface area contributed by atoms with Crippen LogP contribution in [0.2, 0.25) is 0 Å². The van der Waals surface area contributed by atoms with Gasteiger partial charge in [-0.1, -0.05) is 32.9 Å². The van der Waals surface area contributed by atoms with Crippen molar-refractivity contribution in [3.8, 4) is 5.75 Å². The minimum absolute atomic E-state index is 0.132. The molecule has 2 amide bonds. The van der Waals surface area contributed by atoms with E-state index in [1.54, 1.807) is 12.4 Å². The molecule has 0 spiro atoms. The van der Waals surface area contributed by atoms with Gasteiger partial charge in [-0.3, -0.25) is 4.98 Å². The first-order valence-corrected chi connectivity index (χ1v) is 8.09. The first-order chi connectivity index (χ1) is 11.4. The fourth-order valence-corrected chi connectivity index (χ4v) is 2.13. The number of nitrogens with one attached hydrogen (secondary N) is 2. The zero-order valence-corrected chi connectivity index (χ0v) is 14.5. The molecule has 1 aromatic heterocycles. The van der Waals surface area contributed by atoms with Crippen LogP contribution in [0.15, 0.2) is 48.8 Å². The molecule has 1 heterocycles. The topological polar surface area (TPSA) is 63.2 Å². The molecule has 0 atom stereocenters. The normalized spacial score (nSPS) is 11.0. The quantitative estimate of drug-likeness (QED) is 0.801. The zero-order chi connectivity index (χ0) is 17.4. The molecule has 0 bridgehead atoms. The second-order valence-electron chi connectivity index (χ2n) is 6.59. The van der Waals surface area contributed by atoms with E-state index in [-0.39, 0.29) is 11.4 Å². The molecule has 0 aliphatic rings. The second-order valence-corrected chi connectivity index (χ2v) is 6.59. The Morgan fingerprint density at radius 1 is 1.04 bits per heavy atom. The van der Waals surface area contributed by atoms with E-state index in [4.69, 9.17) is 4.74 Å². The van der Waals surface area contributed by atoms with E-state index in [2.05, 4.69) is 48.5 Å². The smallest absolute Gasteiger partial charge is 0.315 e. The largest absolute Gasteiger partial charge is 0.492 e. The molecule has 0 unspecified atom stereocenters. The van der Waals surface area contributed by atoms with Crippen molar-refractivity contribution in [3.05, 3.63) is 59.9 Å². The van der Waals surface area contributed by atoms with Crippen LogP contribution in [-0.2, 0) is 12.0 Å². The van der Waals surface area contributed by atoms with Gasteiger partial charge in [0.15, 0.2) is 0 Å². The summed E-state index contributed by atoms with van der Waals surface area (Å²) in [4.78, 5) is 15.6. The van der Waals surface area contributed by atoms with Gasteiger partial charge in [-0.15, -0.1) is 0 Å². The zero-order valence-electron chi connectivity index (χ0n) is 14.5. The Labute approximate surface area is 143 Å². The van der Waals surface area contributed by atoms with E-state index >= 15 is 0 Å².